The smallest absolute Gasteiger partial charge is 0.330 e. The van der Waals surface area contributed by atoms with Gasteiger partial charge in [-0.2, -0.15) is 0 Å². The maximum atomic E-state index is 13.0. The van der Waals surface area contributed by atoms with Crippen LogP contribution in [0.15, 0.2) is 58.1 Å². The van der Waals surface area contributed by atoms with E-state index in [0.717, 1.165) is 35.2 Å². The summed E-state index contributed by atoms with van der Waals surface area (Å²) in [5, 5.41) is 3.55. The van der Waals surface area contributed by atoms with Crippen molar-refractivity contribution < 1.29 is 4.74 Å². The van der Waals surface area contributed by atoms with Gasteiger partial charge in [0, 0.05) is 12.3 Å². The van der Waals surface area contributed by atoms with E-state index < -0.39 is 11.2 Å². The number of aromatic amines is 1. The molecule has 1 aromatic heterocycles. The van der Waals surface area contributed by atoms with Crippen LogP contribution < -0.4 is 27.2 Å². The highest BCUT2D eigenvalue weighted by Gasteiger charge is 2.27. The third-order valence-corrected chi connectivity index (χ3v) is 6.12. The summed E-state index contributed by atoms with van der Waals surface area (Å²) < 4.78 is 7.18. The Labute approximate surface area is 203 Å². The normalized spacial score (nSPS) is 15.3. The van der Waals surface area contributed by atoms with Crippen LogP contribution in [0.5, 0.6) is 0 Å². The zero-order valence-corrected chi connectivity index (χ0v) is 20.2. The fraction of sp³-hybridized carbons (Fsp3) is 0.320. The van der Waals surface area contributed by atoms with Crippen molar-refractivity contribution in [2.45, 2.75) is 39.3 Å². The maximum Gasteiger partial charge on any atom is 0.330 e. The summed E-state index contributed by atoms with van der Waals surface area (Å²) in [6, 6.07) is 15.5. The summed E-state index contributed by atoms with van der Waals surface area (Å²) in [5.74, 6) is 0.0557. The van der Waals surface area contributed by atoms with Crippen molar-refractivity contribution in [2.75, 3.05) is 29.1 Å². The van der Waals surface area contributed by atoms with E-state index in [-0.39, 0.29) is 24.2 Å². The molecule has 2 heterocycles. The molecule has 1 saturated heterocycles. The third-order valence-electron chi connectivity index (χ3n) is 5.80. The van der Waals surface area contributed by atoms with Crippen molar-refractivity contribution in [3.05, 3.63) is 86.1 Å². The summed E-state index contributed by atoms with van der Waals surface area (Å²) in [4.78, 5) is 29.7. The Morgan fingerprint density at radius 3 is 2.56 bits per heavy atom. The number of aryl methyl sites for hydroxylation is 2. The zero-order chi connectivity index (χ0) is 24.2. The SMILES string of the molecule is Cc1cc(C)cc(NC(=S)N(C[C@@H]2CCCO2)c2c(N)n(Cc3ccccc3)c(=O)[nH]c2=O)c1. The Balaban J connectivity index is 1.74. The molecule has 0 aliphatic carbocycles. The Morgan fingerprint density at radius 2 is 1.91 bits per heavy atom. The van der Waals surface area contributed by atoms with E-state index in [2.05, 4.69) is 16.4 Å². The summed E-state index contributed by atoms with van der Waals surface area (Å²) in [6.07, 6.45) is 1.69. The van der Waals surface area contributed by atoms with Gasteiger partial charge in [-0.05, 0) is 67.7 Å². The van der Waals surface area contributed by atoms with Crippen LogP contribution in [0.25, 0.3) is 0 Å². The fourth-order valence-electron chi connectivity index (χ4n) is 4.27. The van der Waals surface area contributed by atoms with Gasteiger partial charge in [0.15, 0.2) is 10.8 Å². The van der Waals surface area contributed by atoms with E-state index in [0.29, 0.717) is 18.3 Å². The van der Waals surface area contributed by atoms with Gasteiger partial charge in [-0.15, -0.1) is 0 Å². The molecule has 0 amide bonds. The molecule has 1 aliphatic heterocycles. The van der Waals surface area contributed by atoms with E-state index in [1.165, 1.54) is 4.57 Å². The predicted octanol–water partition coefficient (Wildman–Crippen LogP) is 3.17. The van der Waals surface area contributed by atoms with Crippen molar-refractivity contribution >= 4 is 34.5 Å². The molecule has 9 heteroatoms. The molecule has 2 aromatic carbocycles. The summed E-state index contributed by atoms with van der Waals surface area (Å²) >= 11 is 5.75. The van der Waals surface area contributed by atoms with Gasteiger partial charge >= 0.3 is 5.69 Å². The van der Waals surface area contributed by atoms with Crippen molar-refractivity contribution in [3.8, 4) is 0 Å². The highest BCUT2D eigenvalue weighted by molar-refractivity contribution is 7.80. The monoisotopic (exact) mass is 479 g/mol. The first-order valence-corrected chi connectivity index (χ1v) is 11.7. The van der Waals surface area contributed by atoms with Crippen molar-refractivity contribution in [1.29, 1.82) is 0 Å². The number of H-pyrrole nitrogens is 1. The Kier molecular flexibility index (Phi) is 7.14. The second-order valence-corrected chi connectivity index (χ2v) is 9.00. The average molecular weight is 480 g/mol. The van der Waals surface area contributed by atoms with Crippen LogP contribution in [0.3, 0.4) is 0 Å². The van der Waals surface area contributed by atoms with Crippen LogP contribution in [0, 0.1) is 13.8 Å². The van der Waals surface area contributed by atoms with E-state index in [4.69, 9.17) is 22.7 Å². The van der Waals surface area contributed by atoms with Crippen LogP contribution in [0.1, 0.15) is 29.5 Å². The van der Waals surface area contributed by atoms with Gasteiger partial charge in [-0.25, -0.2) is 4.79 Å². The molecule has 3 aromatic rings. The molecule has 1 atom stereocenters. The van der Waals surface area contributed by atoms with Crippen molar-refractivity contribution in [2.24, 2.45) is 0 Å². The van der Waals surface area contributed by atoms with E-state index in [9.17, 15) is 9.59 Å². The summed E-state index contributed by atoms with van der Waals surface area (Å²) in [5.41, 5.74) is 9.31. The standard InChI is InChI=1S/C25H29N5O3S/c1-16-11-17(2)13-19(12-16)27-25(34)29(15-20-9-6-10-33-20)21-22(26)30(24(32)28-23(21)31)14-18-7-4-3-5-8-18/h3-5,7-8,11-13,20H,6,9-10,14-15,26H2,1-2H3,(H,27,34)(H,28,31,32)/t20-/m0/s1. The maximum absolute atomic E-state index is 13.0. The number of benzene rings is 2. The van der Waals surface area contributed by atoms with Crippen LogP contribution in [-0.4, -0.2) is 33.9 Å². The first kappa shape index (κ1) is 23.7. The van der Waals surface area contributed by atoms with Crippen LogP contribution >= 0.6 is 12.2 Å². The third kappa shape index (κ3) is 5.37. The fourth-order valence-corrected chi connectivity index (χ4v) is 4.55. The first-order chi connectivity index (χ1) is 16.3. The molecule has 1 fully saturated rings. The second-order valence-electron chi connectivity index (χ2n) is 8.62. The highest BCUT2D eigenvalue weighted by Crippen LogP contribution is 2.23. The molecule has 4 rings (SSSR count). The van der Waals surface area contributed by atoms with Gasteiger partial charge < -0.3 is 20.7 Å². The number of rotatable bonds is 6. The quantitative estimate of drug-likeness (QED) is 0.467. The number of thiocarbonyl (C=S) groups is 1. The van der Waals surface area contributed by atoms with E-state index >= 15 is 0 Å². The minimum Gasteiger partial charge on any atom is -0.383 e. The molecular weight excluding hydrogens is 450 g/mol. The number of aromatic nitrogens is 2. The summed E-state index contributed by atoms with van der Waals surface area (Å²) in [7, 11) is 0. The molecular formula is C25H29N5O3S. The molecule has 4 N–H and O–H groups in total. The summed E-state index contributed by atoms with van der Waals surface area (Å²) in [6.45, 7) is 5.24. The molecule has 0 saturated carbocycles. The number of anilines is 3. The van der Waals surface area contributed by atoms with Crippen molar-refractivity contribution in [3.63, 3.8) is 0 Å². The molecule has 0 unspecified atom stereocenters. The van der Waals surface area contributed by atoms with Crippen molar-refractivity contribution in [1.82, 2.24) is 9.55 Å². The molecule has 8 nitrogen and oxygen atoms in total. The van der Waals surface area contributed by atoms with Crippen LogP contribution in [0.4, 0.5) is 17.2 Å². The Bertz CT molecular complexity index is 1280. The number of nitrogens with one attached hydrogen (secondary N) is 2. The predicted molar refractivity (Wildman–Crippen MR) is 140 cm³/mol. The van der Waals surface area contributed by atoms with E-state index in [1.807, 2.05) is 56.3 Å². The molecule has 0 spiro atoms. The molecule has 34 heavy (non-hydrogen) atoms. The molecule has 1 aliphatic rings. The highest BCUT2D eigenvalue weighted by atomic mass is 32.1. The number of hydrogen-bond donors (Lipinski definition) is 3. The molecule has 0 bridgehead atoms. The molecule has 178 valence electrons. The van der Waals surface area contributed by atoms with Gasteiger partial charge in [0.05, 0.1) is 19.2 Å². The topological polar surface area (TPSA) is 105 Å². The van der Waals surface area contributed by atoms with Crippen LogP contribution in [0.2, 0.25) is 0 Å². The number of nitrogens with two attached hydrogens (primary N) is 1. The minimum atomic E-state index is -0.589. The average Bonchev–Trinajstić information content (AvgIpc) is 3.29. The Hall–Kier alpha value is -3.43. The lowest BCUT2D eigenvalue weighted by Crippen LogP contribution is -2.46. The number of hydrogen-bond acceptors (Lipinski definition) is 5. The molecule has 0 radical (unpaired) electrons. The van der Waals surface area contributed by atoms with Gasteiger partial charge in [0.1, 0.15) is 5.82 Å². The first-order valence-electron chi connectivity index (χ1n) is 11.3. The van der Waals surface area contributed by atoms with Gasteiger partial charge in [-0.1, -0.05) is 36.4 Å². The van der Waals surface area contributed by atoms with Crippen LogP contribution in [-0.2, 0) is 11.3 Å². The lowest BCUT2D eigenvalue weighted by molar-refractivity contribution is 0.118. The van der Waals surface area contributed by atoms with E-state index in [1.54, 1.807) is 4.90 Å². The van der Waals surface area contributed by atoms with Gasteiger partial charge in [-0.3, -0.25) is 14.3 Å². The minimum absolute atomic E-state index is 0.0557. The lowest BCUT2D eigenvalue weighted by atomic mass is 10.1. The van der Waals surface area contributed by atoms with Gasteiger partial charge in [0.2, 0.25) is 0 Å². The second kappa shape index (κ2) is 10.2. The number of nitrogen functional groups attached to an aromatic ring is 1. The Morgan fingerprint density at radius 1 is 1.21 bits per heavy atom. The number of ether oxygens (including phenoxy) is 1. The number of nitrogens with zero attached hydrogens (tertiary/aromatic N) is 2. The zero-order valence-electron chi connectivity index (χ0n) is 19.3. The van der Waals surface area contributed by atoms with Gasteiger partial charge in [0.25, 0.3) is 5.56 Å². The largest absolute Gasteiger partial charge is 0.383 e. The lowest BCUT2D eigenvalue weighted by Gasteiger charge is -2.29.